The van der Waals surface area contributed by atoms with Crippen molar-refractivity contribution in [1.29, 1.82) is 5.26 Å². The average molecular weight is 330 g/mol. The molecule has 0 fully saturated rings. The Labute approximate surface area is 120 Å². The van der Waals surface area contributed by atoms with Crippen LogP contribution >= 0.6 is 27.3 Å². The third kappa shape index (κ3) is 4.67. The van der Waals surface area contributed by atoms with Gasteiger partial charge in [0.05, 0.1) is 16.2 Å². The molecule has 0 aliphatic rings. The molecule has 1 heterocycles. The van der Waals surface area contributed by atoms with E-state index in [1.54, 1.807) is 11.3 Å². The zero-order chi connectivity index (χ0) is 13.5. The molecule has 0 aliphatic carbocycles. The van der Waals surface area contributed by atoms with Gasteiger partial charge in [0.2, 0.25) is 5.91 Å². The summed E-state index contributed by atoms with van der Waals surface area (Å²) in [5.74, 6) is 0.260. The summed E-state index contributed by atoms with van der Waals surface area (Å²) in [6.45, 7) is 4.17. The highest BCUT2D eigenvalue weighted by atomic mass is 79.9. The first kappa shape index (κ1) is 15.0. The molecule has 98 valence electrons. The van der Waals surface area contributed by atoms with Crippen molar-refractivity contribution in [3.63, 3.8) is 0 Å². The molecule has 0 saturated heterocycles. The number of carbonyl (C=O) groups is 1. The van der Waals surface area contributed by atoms with Crippen molar-refractivity contribution in [2.45, 2.75) is 26.3 Å². The van der Waals surface area contributed by atoms with Gasteiger partial charge in [-0.25, -0.2) is 0 Å². The monoisotopic (exact) mass is 329 g/mol. The van der Waals surface area contributed by atoms with Crippen molar-refractivity contribution < 1.29 is 4.79 Å². The first-order valence-electron chi connectivity index (χ1n) is 5.67. The normalized spacial score (nSPS) is 11.9. The molecule has 1 atom stereocenters. The van der Waals surface area contributed by atoms with Gasteiger partial charge < -0.3 is 10.6 Å². The zero-order valence-corrected chi connectivity index (χ0v) is 12.8. The molecule has 1 rings (SSSR count). The van der Waals surface area contributed by atoms with Crippen molar-refractivity contribution in [1.82, 2.24) is 5.32 Å². The quantitative estimate of drug-likeness (QED) is 0.788. The third-order valence-corrected chi connectivity index (χ3v) is 4.01. The Kier molecular flexibility index (Phi) is 6.16. The summed E-state index contributed by atoms with van der Waals surface area (Å²) >= 11 is 4.99. The first-order chi connectivity index (χ1) is 8.54. The van der Waals surface area contributed by atoms with Crippen LogP contribution < -0.4 is 10.6 Å². The Morgan fingerprint density at radius 1 is 1.56 bits per heavy atom. The minimum atomic E-state index is -0.316. The lowest BCUT2D eigenvalue weighted by molar-refractivity contribution is -0.121. The number of carbonyl (C=O) groups excluding carboxylic acids is 1. The number of amides is 1. The fourth-order valence-electron chi connectivity index (χ4n) is 1.53. The number of halogens is 1. The molecular weight excluding hydrogens is 314 g/mol. The second kappa shape index (κ2) is 7.39. The van der Waals surface area contributed by atoms with E-state index in [0.717, 1.165) is 16.6 Å². The standard InChI is InChI=1S/C12H16BrN3OS/c1-8(2)5-10(12(17)15-4-3-14)16-11-7-18-6-9(11)13/h6-8,10,16H,4-5H2,1-2H3,(H,15,17)/t10-/m0/s1. The molecule has 4 nitrogen and oxygen atoms in total. The van der Waals surface area contributed by atoms with E-state index in [2.05, 4.69) is 40.4 Å². The minimum absolute atomic E-state index is 0.0416. The maximum atomic E-state index is 11.9. The average Bonchev–Trinajstić information content (AvgIpc) is 2.70. The Bertz CT molecular complexity index is 439. The Morgan fingerprint density at radius 3 is 2.78 bits per heavy atom. The second-order valence-electron chi connectivity index (χ2n) is 4.34. The van der Waals surface area contributed by atoms with Gasteiger partial charge in [0, 0.05) is 10.8 Å². The highest BCUT2D eigenvalue weighted by Gasteiger charge is 2.20. The molecule has 0 unspecified atom stereocenters. The number of nitrogens with zero attached hydrogens (tertiary/aromatic N) is 1. The van der Waals surface area contributed by atoms with E-state index in [4.69, 9.17) is 5.26 Å². The Hall–Kier alpha value is -1.06. The molecule has 0 radical (unpaired) electrons. The van der Waals surface area contributed by atoms with Gasteiger partial charge in [-0.1, -0.05) is 13.8 Å². The van der Waals surface area contributed by atoms with E-state index in [-0.39, 0.29) is 18.5 Å². The fraction of sp³-hybridized carbons (Fsp3) is 0.500. The molecule has 1 amide bonds. The van der Waals surface area contributed by atoms with Crippen LogP contribution in [-0.4, -0.2) is 18.5 Å². The van der Waals surface area contributed by atoms with E-state index >= 15 is 0 Å². The van der Waals surface area contributed by atoms with Crippen LogP contribution in [0.4, 0.5) is 5.69 Å². The number of hydrogen-bond acceptors (Lipinski definition) is 4. The SMILES string of the molecule is CC(C)C[C@H](Nc1cscc1Br)C(=O)NCC#N. The Balaban J connectivity index is 2.69. The molecule has 1 aromatic heterocycles. The fourth-order valence-corrected chi connectivity index (χ4v) is 2.87. The van der Waals surface area contributed by atoms with Crippen LogP contribution in [0.3, 0.4) is 0 Å². The van der Waals surface area contributed by atoms with Crippen LogP contribution in [0.25, 0.3) is 0 Å². The molecule has 2 N–H and O–H groups in total. The van der Waals surface area contributed by atoms with Crippen molar-refractivity contribution in [3.8, 4) is 6.07 Å². The molecule has 0 spiro atoms. The van der Waals surface area contributed by atoms with Gasteiger partial charge in [-0.2, -0.15) is 5.26 Å². The maximum absolute atomic E-state index is 11.9. The molecular formula is C12H16BrN3OS. The minimum Gasteiger partial charge on any atom is -0.372 e. The number of nitrogens with one attached hydrogen (secondary N) is 2. The van der Waals surface area contributed by atoms with E-state index in [1.807, 2.05) is 16.8 Å². The summed E-state index contributed by atoms with van der Waals surface area (Å²) in [6, 6.07) is 1.59. The van der Waals surface area contributed by atoms with Crippen molar-refractivity contribution in [2.24, 2.45) is 5.92 Å². The highest BCUT2D eigenvalue weighted by molar-refractivity contribution is 9.10. The summed E-state index contributed by atoms with van der Waals surface area (Å²) in [5, 5.41) is 18.2. The molecule has 0 saturated carbocycles. The maximum Gasteiger partial charge on any atom is 0.243 e. The lowest BCUT2D eigenvalue weighted by Crippen LogP contribution is -2.40. The van der Waals surface area contributed by atoms with Crippen molar-refractivity contribution in [3.05, 3.63) is 15.2 Å². The topological polar surface area (TPSA) is 64.9 Å². The predicted molar refractivity (Wildman–Crippen MR) is 77.5 cm³/mol. The smallest absolute Gasteiger partial charge is 0.243 e. The van der Waals surface area contributed by atoms with E-state index in [0.29, 0.717) is 5.92 Å². The van der Waals surface area contributed by atoms with Crippen molar-refractivity contribution in [2.75, 3.05) is 11.9 Å². The highest BCUT2D eigenvalue weighted by Crippen LogP contribution is 2.27. The summed E-state index contributed by atoms with van der Waals surface area (Å²) < 4.78 is 0.953. The number of rotatable bonds is 6. The van der Waals surface area contributed by atoms with Gasteiger partial charge in [-0.05, 0) is 28.3 Å². The summed E-state index contributed by atoms with van der Waals surface area (Å²) in [7, 11) is 0. The molecule has 18 heavy (non-hydrogen) atoms. The van der Waals surface area contributed by atoms with E-state index < -0.39 is 0 Å². The van der Waals surface area contributed by atoms with Crippen LogP contribution in [-0.2, 0) is 4.79 Å². The second-order valence-corrected chi connectivity index (χ2v) is 5.93. The lowest BCUT2D eigenvalue weighted by atomic mass is 10.0. The lowest BCUT2D eigenvalue weighted by Gasteiger charge is -2.20. The van der Waals surface area contributed by atoms with Gasteiger partial charge in [0.15, 0.2) is 0 Å². The van der Waals surface area contributed by atoms with Crippen molar-refractivity contribution >= 4 is 38.9 Å². The molecule has 6 heteroatoms. The van der Waals surface area contributed by atoms with E-state index in [9.17, 15) is 4.79 Å². The van der Waals surface area contributed by atoms with Gasteiger partial charge in [0.1, 0.15) is 12.6 Å². The van der Waals surface area contributed by atoms with Crippen LogP contribution in [0.2, 0.25) is 0 Å². The summed E-state index contributed by atoms with van der Waals surface area (Å²) in [4.78, 5) is 11.9. The molecule has 1 aromatic rings. The molecule has 0 aliphatic heterocycles. The number of nitriles is 1. The van der Waals surface area contributed by atoms with E-state index in [1.165, 1.54) is 0 Å². The first-order valence-corrected chi connectivity index (χ1v) is 7.41. The van der Waals surface area contributed by atoms with Gasteiger partial charge >= 0.3 is 0 Å². The Morgan fingerprint density at radius 2 is 2.28 bits per heavy atom. The van der Waals surface area contributed by atoms with Gasteiger partial charge in [-0.15, -0.1) is 11.3 Å². The van der Waals surface area contributed by atoms with Gasteiger partial charge in [-0.3, -0.25) is 4.79 Å². The van der Waals surface area contributed by atoms with Gasteiger partial charge in [0.25, 0.3) is 0 Å². The van der Waals surface area contributed by atoms with Crippen LogP contribution in [0.1, 0.15) is 20.3 Å². The van der Waals surface area contributed by atoms with Crippen LogP contribution in [0.15, 0.2) is 15.2 Å². The largest absolute Gasteiger partial charge is 0.372 e. The third-order valence-electron chi connectivity index (χ3n) is 2.31. The molecule has 0 bridgehead atoms. The predicted octanol–water partition coefficient (Wildman–Crippen LogP) is 2.98. The molecule has 0 aromatic carbocycles. The zero-order valence-electron chi connectivity index (χ0n) is 10.4. The summed E-state index contributed by atoms with van der Waals surface area (Å²) in [5.41, 5.74) is 0.915. The number of anilines is 1. The number of hydrogen-bond donors (Lipinski definition) is 2. The van der Waals surface area contributed by atoms with Crippen LogP contribution in [0.5, 0.6) is 0 Å². The summed E-state index contributed by atoms with van der Waals surface area (Å²) in [6.07, 6.45) is 0.722. The number of thiophene rings is 1. The van der Waals surface area contributed by atoms with Crippen LogP contribution in [0, 0.1) is 17.2 Å².